The fourth-order valence-corrected chi connectivity index (χ4v) is 2.33. The number of ether oxygens (including phenoxy) is 1. The van der Waals surface area contributed by atoms with Crippen LogP contribution in [0.5, 0.6) is 5.75 Å². The SMILES string of the molecule is CCCC1(O)CN(C(=O)COc2ccc(C)cc2)C1. The molecule has 0 unspecified atom stereocenters. The lowest BCUT2D eigenvalue weighted by molar-refractivity contribution is -0.158. The maximum atomic E-state index is 11.8. The summed E-state index contributed by atoms with van der Waals surface area (Å²) in [6, 6.07) is 7.60. The van der Waals surface area contributed by atoms with Crippen molar-refractivity contribution in [1.82, 2.24) is 4.90 Å². The molecule has 0 aliphatic carbocycles. The number of rotatable bonds is 5. The normalized spacial score (nSPS) is 16.9. The number of hydrogen-bond donors (Lipinski definition) is 1. The molecule has 0 atom stereocenters. The fourth-order valence-electron chi connectivity index (χ4n) is 2.33. The largest absolute Gasteiger partial charge is 0.484 e. The molecule has 0 bridgehead atoms. The van der Waals surface area contributed by atoms with Crippen molar-refractivity contribution in [3.05, 3.63) is 29.8 Å². The predicted molar refractivity (Wildman–Crippen MR) is 73.1 cm³/mol. The van der Waals surface area contributed by atoms with E-state index in [-0.39, 0.29) is 12.5 Å². The van der Waals surface area contributed by atoms with Crippen molar-refractivity contribution in [3.8, 4) is 5.75 Å². The lowest BCUT2D eigenvalue weighted by Gasteiger charge is -2.46. The predicted octanol–water partition coefficient (Wildman–Crippen LogP) is 1.75. The van der Waals surface area contributed by atoms with Crippen LogP contribution in [-0.2, 0) is 4.79 Å². The van der Waals surface area contributed by atoms with Crippen LogP contribution in [0, 0.1) is 6.92 Å². The van der Waals surface area contributed by atoms with Crippen molar-refractivity contribution in [2.75, 3.05) is 19.7 Å². The average Bonchev–Trinajstić information content (AvgIpc) is 2.35. The number of likely N-dealkylation sites (tertiary alicyclic amines) is 1. The highest BCUT2D eigenvalue weighted by Gasteiger charge is 2.42. The number of aliphatic hydroxyl groups is 1. The third kappa shape index (κ3) is 3.47. The van der Waals surface area contributed by atoms with Gasteiger partial charge >= 0.3 is 0 Å². The third-order valence-electron chi connectivity index (χ3n) is 3.42. The van der Waals surface area contributed by atoms with E-state index in [9.17, 15) is 9.90 Å². The molecule has 0 radical (unpaired) electrons. The summed E-state index contributed by atoms with van der Waals surface area (Å²) in [6.07, 6.45) is 1.67. The monoisotopic (exact) mass is 263 g/mol. The van der Waals surface area contributed by atoms with Gasteiger partial charge in [0.2, 0.25) is 0 Å². The van der Waals surface area contributed by atoms with Crippen molar-refractivity contribution in [2.24, 2.45) is 0 Å². The second-order valence-electron chi connectivity index (χ2n) is 5.33. The summed E-state index contributed by atoms with van der Waals surface area (Å²) in [5, 5.41) is 10.0. The van der Waals surface area contributed by atoms with Gasteiger partial charge in [0.1, 0.15) is 5.75 Å². The Balaban J connectivity index is 1.76. The highest BCUT2D eigenvalue weighted by molar-refractivity contribution is 5.79. The van der Waals surface area contributed by atoms with Crippen LogP contribution in [0.2, 0.25) is 0 Å². The molecular weight excluding hydrogens is 242 g/mol. The Labute approximate surface area is 114 Å². The summed E-state index contributed by atoms with van der Waals surface area (Å²) in [6.45, 7) is 4.92. The Bertz CT molecular complexity index is 435. The van der Waals surface area contributed by atoms with Crippen LogP contribution in [0.15, 0.2) is 24.3 Å². The van der Waals surface area contributed by atoms with Gasteiger partial charge in [0, 0.05) is 0 Å². The van der Waals surface area contributed by atoms with Crippen molar-refractivity contribution >= 4 is 5.91 Å². The Kier molecular flexibility index (Phi) is 4.10. The molecule has 1 N–H and O–H groups in total. The molecule has 19 heavy (non-hydrogen) atoms. The van der Waals surface area contributed by atoms with E-state index in [1.165, 1.54) is 0 Å². The van der Waals surface area contributed by atoms with E-state index in [0.717, 1.165) is 18.4 Å². The third-order valence-corrected chi connectivity index (χ3v) is 3.42. The first-order valence-corrected chi connectivity index (χ1v) is 6.72. The van der Waals surface area contributed by atoms with Gasteiger partial charge in [0.15, 0.2) is 6.61 Å². The van der Waals surface area contributed by atoms with E-state index in [0.29, 0.717) is 18.8 Å². The molecule has 0 aromatic heterocycles. The van der Waals surface area contributed by atoms with E-state index in [2.05, 4.69) is 0 Å². The van der Waals surface area contributed by atoms with Crippen LogP contribution in [0.25, 0.3) is 0 Å². The smallest absolute Gasteiger partial charge is 0.260 e. The van der Waals surface area contributed by atoms with E-state index in [1.807, 2.05) is 38.1 Å². The second-order valence-corrected chi connectivity index (χ2v) is 5.33. The van der Waals surface area contributed by atoms with Crippen LogP contribution >= 0.6 is 0 Å². The Hall–Kier alpha value is -1.55. The van der Waals surface area contributed by atoms with E-state index in [4.69, 9.17) is 4.74 Å². The first-order chi connectivity index (χ1) is 9.02. The minimum atomic E-state index is -0.672. The molecular formula is C15H21NO3. The summed E-state index contributed by atoms with van der Waals surface area (Å²) in [5.41, 5.74) is 0.486. The molecule has 4 nitrogen and oxygen atoms in total. The number of amides is 1. The van der Waals surface area contributed by atoms with Gasteiger partial charge in [-0.15, -0.1) is 0 Å². The number of benzene rings is 1. The molecule has 0 saturated carbocycles. The summed E-state index contributed by atoms with van der Waals surface area (Å²) < 4.78 is 5.43. The molecule has 1 aromatic rings. The highest BCUT2D eigenvalue weighted by atomic mass is 16.5. The molecule has 1 saturated heterocycles. The Morgan fingerprint density at radius 3 is 2.58 bits per heavy atom. The van der Waals surface area contributed by atoms with Crippen LogP contribution in [0.1, 0.15) is 25.3 Å². The van der Waals surface area contributed by atoms with Gasteiger partial charge in [-0.05, 0) is 25.5 Å². The molecule has 1 heterocycles. The zero-order chi connectivity index (χ0) is 13.9. The fraction of sp³-hybridized carbons (Fsp3) is 0.533. The quantitative estimate of drug-likeness (QED) is 0.880. The van der Waals surface area contributed by atoms with Crippen LogP contribution in [0.3, 0.4) is 0 Å². The Morgan fingerprint density at radius 2 is 2.00 bits per heavy atom. The van der Waals surface area contributed by atoms with E-state index in [1.54, 1.807) is 4.90 Å². The number of aryl methyl sites for hydroxylation is 1. The zero-order valence-electron chi connectivity index (χ0n) is 11.6. The average molecular weight is 263 g/mol. The lowest BCUT2D eigenvalue weighted by atomic mass is 9.89. The summed E-state index contributed by atoms with van der Waals surface area (Å²) in [5.74, 6) is 0.629. The first kappa shape index (κ1) is 13.9. The van der Waals surface area contributed by atoms with Gasteiger partial charge in [0.05, 0.1) is 18.7 Å². The van der Waals surface area contributed by atoms with Gasteiger partial charge in [-0.1, -0.05) is 31.0 Å². The highest BCUT2D eigenvalue weighted by Crippen LogP contribution is 2.25. The van der Waals surface area contributed by atoms with Gasteiger partial charge in [-0.25, -0.2) is 0 Å². The number of carbonyl (C=O) groups is 1. The van der Waals surface area contributed by atoms with Gasteiger partial charge < -0.3 is 14.7 Å². The molecule has 1 fully saturated rings. The minimum Gasteiger partial charge on any atom is -0.484 e. The molecule has 1 amide bonds. The number of carbonyl (C=O) groups excluding carboxylic acids is 1. The number of nitrogens with zero attached hydrogens (tertiary/aromatic N) is 1. The molecule has 1 aromatic carbocycles. The zero-order valence-corrected chi connectivity index (χ0v) is 11.6. The molecule has 4 heteroatoms. The maximum Gasteiger partial charge on any atom is 0.260 e. The molecule has 1 aliphatic heterocycles. The van der Waals surface area contributed by atoms with Crippen LogP contribution in [-0.4, -0.2) is 41.2 Å². The van der Waals surface area contributed by atoms with Crippen molar-refractivity contribution in [1.29, 1.82) is 0 Å². The molecule has 104 valence electrons. The summed E-state index contributed by atoms with van der Waals surface area (Å²) in [4.78, 5) is 13.5. The van der Waals surface area contributed by atoms with Crippen molar-refractivity contribution in [3.63, 3.8) is 0 Å². The Morgan fingerprint density at radius 1 is 1.37 bits per heavy atom. The minimum absolute atomic E-state index is 0.0330. The summed E-state index contributed by atoms with van der Waals surface area (Å²) >= 11 is 0. The lowest BCUT2D eigenvalue weighted by Crippen LogP contribution is -2.64. The molecule has 1 aliphatic rings. The van der Waals surface area contributed by atoms with Gasteiger partial charge in [0.25, 0.3) is 5.91 Å². The first-order valence-electron chi connectivity index (χ1n) is 6.72. The standard InChI is InChI=1S/C15H21NO3/c1-3-8-15(18)10-16(11-15)14(17)9-19-13-6-4-12(2)5-7-13/h4-7,18H,3,8-11H2,1-2H3. The number of β-amino-alcohol motifs (C(OH)–C–C–N with tert-alkyl or cyclic N) is 1. The number of hydrogen-bond acceptors (Lipinski definition) is 3. The van der Waals surface area contributed by atoms with Crippen molar-refractivity contribution in [2.45, 2.75) is 32.3 Å². The maximum absolute atomic E-state index is 11.8. The molecule has 2 rings (SSSR count). The van der Waals surface area contributed by atoms with Crippen LogP contribution in [0.4, 0.5) is 0 Å². The van der Waals surface area contributed by atoms with E-state index >= 15 is 0 Å². The topological polar surface area (TPSA) is 49.8 Å². The van der Waals surface area contributed by atoms with Crippen molar-refractivity contribution < 1.29 is 14.6 Å². The van der Waals surface area contributed by atoms with E-state index < -0.39 is 5.60 Å². The van der Waals surface area contributed by atoms with Gasteiger partial charge in [-0.2, -0.15) is 0 Å². The molecule has 0 spiro atoms. The summed E-state index contributed by atoms with van der Waals surface area (Å²) in [7, 11) is 0. The van der Waals surface area contributed by atoms with Gasteiger partial charge in [-0.3, -0.25) is 4.79 Å². The van der Waals surface area contributed by atoms with Crippen LogP contribution < -0.4 is 4.74 Å². The second kappa shape index (κ2) is 5.61.